The number of nitrogens with one attached hydrogen (secondary N) is 1. The Balaban J connectivity index is 0.00000141. The largest absolute Gasteiger partial charge is 0.392 e. The lowest BCUT2D eigenvalue weighted by Crippen LogP contribution is -2.30. The van der Waals surface area contributed by atoms with Gasteiger partial charge in [-0.05, 0) is 30.7 Å². The second-order valence-corrected chi connectivity index (χ2v) is 7.31. The van der Waals surface area contributed by atoms with Gasteiger partial charge in [-0.25, -0.2) is 4.39 Å². The molecule has 0 aliphatic carbocycles. The Labute approximate surface area is 186 Å². The standard InChI is InChI=1S/C22H22FN5O2.C2H6/c1-14(29)9-25-22(30)18-13-28(20-4-3-7-24-21(18)20)12-16-6-5-15(8-19(16)23)17-10-26-27(2)11-17;1-2/h3-8,10-11,13-14,29H,9,12H2,1-2H3,(H,25,30);1-2H3. The molecule has 3 aromatic heterocycles. The Hall–Kier alpha value is -3.52. The van der Waals surface area contributed by atoms with Gasteiger partial charge in [-0.3, -0.25) is 14.5 Å². The minimum Gasteiger partial charge on any atom is -0.392 e. The summed E-state index contributed by atoms with van der Waals surface area (Å²) >= 11 is 0. The van der Waals surface area contributed by atoms with Gasteiger partial charge < -0.3 is 15.0 Å². The van der Waals surface area contributed by atoms with E-state index in [4.69, 9.17) is 0 Å². The zero-order valence-electron chi connectivity index (χ0n) is 18.7. The zero-order valence-corrected chi connectivity index (χ0v) is 18.7. The number of benzene rings is 1. The molecule has 0 saturated carbocycles. The molecule has 1 atom stereocenters. The normalized spacial score (nSPS) is 11.7. The van der Waals surface area contributed by atoms with Crippen molar-refractivity contribution in [3.63, 3.8) is 0 Å². The monoisotopic (exact) mass is 437 g/mol. The Morgan fingerprint density at radius 2 is 2.00 bits per heavy atom. The maximum absolute atomic E-state index is 14.8. The number of hydrogen-bond donors (Lipinski definition) is 2. The van der Waals surface area contributed by atoms with Crippen LogP contribution in [-0.2, 0) is 13.6 Å². The lowest BCUT2D eigenvalue weighted by atomic mass is 10.1. The number of nitrogens with zero attached hydrogens (tertiary/aromatic N) is 4. The molecular weight excluding hydrogens is 409 g/mol. The number of hydrogen-bond acceptors (Lipinski definition) is 4. The molecule has 0 radical (unpaired) electrons. The van der Waals surface area contributed by atoms with Crippen molar-refractivity contribution in [2.75, 3.05) is 6.54 Å². The molecule has 0 aliphatic rings. The van der Waals surface area contributed by atoms with Crippen LogP contribution in [0.5, 0.6) is 0 Å². The van der Waals surface area contributed by atoms with E-state index in [1.54, 1.807) is 42.3 Å². The summed E-state index contributed by atoms with van der Waals surface area (Å²) in [6.07, 6.45) is 6.16. The molecule has 0 aliphatic heterocycles. The van der Waals surface area contributed by atoms with E-state index < -0.39 is 6.10 Å². The fourth-order valence-corrected chi connectivity index (χ4v) is 3.36. The molecule has 1 aromatic carbocycles. The first-order valence-corrected chi connectivity index (χ1v) is 10.6. The lowest BCUT2D eigenvalue weighted by Gasteiger charge is -2.08. The van der Waals surface area contributed by atoms with E-state index in [0.717, 1.165) is 16.6 Å². The molecule has 1 amide bonds. The third kappa shape index (κ3) is 5.03. The van der Waals surface area contributed by atoms with Crippen LogP contribution in [0.4, 0.5) is 4.39 Å². The van der Waals surface area contributed by atoms with E-state index in [1.807, 2.05) is 43.8 Å². The van der Waals surface area contributed by atoms with Crippen molar-refractivity contribution in [1.29, 1.82) is 0 Å². The second kappa shape index (κ2) is 10.2. The molecule has 7 nitrogen and oxygen atoms in total. The molecule has 32 heavy (non-hydrogen) atoms. The molecule has 4 rings (SSSR count). The number of carbonyl (C=O) groups is 1. The molecule has 3 heterocycles. The van der Waals surface area contributed by atoms with E-state index in [1.165, 1.54) is 6.07 Å². The van der Waals surface area contributed by atoms with E-state index >= 15 is 0 Å². The summed E-state index contributed by atoms with van der Waals surface area (Å²) in [5.74, 6) is -0.659. The van der Waals surface area contributed by atoms with Crippen LogP contribution in [0.25, 0.3) is 22.2 Å². The van der Waals surface area contributed by atoms with E-state index in [0.29, 0.717) is 16.6 Å². The predicted molar refractivity (Wildman–Crippen MR) is 123 cm³/mol. The minimum atomic E-state index is -0.650. The van der Waals surface area contributed by atoms with Gasteiger partial charge in [-0.1, -0.05) is 26.0 Å². The maximum Gasteiger partial charge on any atom is 0.255 e. The fraction of sp³-hybridized carbons (Fsp3) is 0.292. The first-order valence-electron chi connectivity index (χ1n) is 10.6. The molecule has 0 spiro atoms. The summed E-state index contributed by atoms with van der Waals surface area (Å²) in [6, 6.07) is 8.71. The SMILES string of the molecule is CC.CC(O)CNC(=O)c1cn(Cc2ccc(-c3cnn(C)c3)cc2F)c2cccnc12. The van der Waals surface area contributed by atoms with Crippen molar-refractivity contribution in [2.24, 2.45) is 7.05 Å². The Kier molecular flexibility index (Phi) is 7.37. The molecule has 4 aromatic rings. The smallest absolute Gasteiger partial charge is 0.255 e. The van der Waals surface area contributed by atoms with Crippen molar-refractivity contribution >= 4 is 16.9 Å². The number of amides is 1. The number of halogens is 1. The number of aliphatic hydroxyl groups is 1. The van der Waals surface area contributed by atoms with Crippen LogP contribution in [0.15, 0.2) is 55.1 Å². The van der Waals surface area contributed by atoms with Crippen molar-refractivity contribution in [3.8, 4) is 11.1 Å². The number of aryl methyl sites for hydroxylation is 1. The maximum atomic E-state index is 14.8. The van der Waals surface area contributed by atoms with Gasteiger partial charge >= 0.3 is 0 Å². The highest BCUT2D eigenvalue weighted by Gasteiger charge is 2.17. The highest BCUT2D eigenvalue weighted by atomic mass is 19.1. The van der Waals surface area contributed by atoms with Crippen LogP contribution in [0, 0.1) is 5.82 Å². The van der Waals surface area contributed by atoms with Crippen molar-refractivity contribution in [1.82, 2.24) is 24.6 Å². The van der Waals surface area contributed by atoms with Crippen LogP contribution in [0.2, 0.25) is 0 Å². The summed E-state index contributed by atoms with van der Waals surface area (Å²) < 4.78 is 18.3. The third-order valence-corrected chi connectivity index (χ3v) is 4.87. The first-order chi connectivity index (χ1) is 15.4. The van der Waals surface area contributed by atoms with Crippen LogP contribution >= 0.6 is 0 Å². The fourth-order valence-electron chi connectivity index (χ4n) is 3.36. The van der Waals surface area contributed by atoms with Crippen molar-refractivity contribution in [2.45, 2.75) is 33.4 Å². The Morgan fingerprint density at radius 1 is 1.22 bits per heavy atom. The number of rotatable bonds is 6. The average molecular weight is 438 g/mol. The number of aromatic nitrogens is 4. The molecular formula is C24H28FN5O2. The summed E-state index contributed by atoms with van der Waals surface area (Å²) in [7, 11) is 1.81. The van der Waals surface area contributed by atoms with Gasteiger partial charge in [0.25, 0.3) is 5.91 Å². The topological polar surface area (TPSA) is 85.0 Å². The van der Waals surface area contributed by atoms with Crippen molar-refractivity contribution < 1.29 is 14.3 Å². The second-order valence-electron chi connectivity index (χ2n) is 7.31. The van der Waals surface area contributed by atoms with Crippen LogP contribution < -0.4 is 5.32 Å². The van der Waals surface area contributed by atoms with Crippen LogP contribution in [0.1, 0.15) is 36.7 Å². The van der Waals surface area contributed by atoms with Gasteiger partial charge in [-0.15, -0.1) is 0 Å². The molecule has 0 fully saturated rings. The quantitative estimate of drug-likeness (QED) is 0.481. The van der Waals surface area contributed by atoms with Gasteiger partial charge in [0.2, 0.25) is 0 Å². The van der Waals surface area contributed by atoms with E-state index in [-0.39, 0.29) is 24.8 Å². The predicted octanol–water partition coefficient (Wildman–Crippen LogP) is 3.76. The summed E-state index contributed by atoms with van der Waals surface area (Å²) in [6.45, 7) is 5.99. The Bertz CT molecular complexity index is 1210. The Morgan fingerprint density at radius 3 is 2.66 bits per heavy atom. The summed E-state index contributed by atoms with van der Waals surface area (Å²) in [5.41, 5.74) is 3.75. The third-order valence-electron chi connectivity index (χ3n) is 4.87. The first kappa shape index (κ1) is 23.1. The number of pyridine rings is 1. The zero-order chi connectivity index (χ0) is 23.3. The number of aliphatic hydroxyl groups excluding tert-OH is 1. The molecule has 0 saturated heterocycles. The summed E-state index contributed by atoms with van der Waals surface area (Å²) in [5, 5.41) is 16.2. The highest BCUT2D eigenvalue weighted by Crippen LogP contribution is 2.24. The highest BCUT2D eigenvalue weighted by molar-refractivity contribution is 6.05. The molecule has 8 heteroatoms. The van der Waals surface area contributed by atoms with Crippen LogP contribution in [0.3, 0.4) is 0 Å². The minimum absolute atomic E-state index is 0.142. The molecule has 1 unspecified atom stereocenters. The van der Waals surface area contributed by atoms with Gasteiger partial charge in [0.15, 0.2) is 0 Å². The van der Waals surface area contributed by atoms with E-state index in [9.17, 15) is 14.3 Å². The van der Waals surface area contributed by atoms with Crippen LogP contribution in [-0.4, -0.2) is 43.0 Å². The molecule has 0 bridgehead atoms. The summed E-state index contributed by atoms with van der Waals surface area (Å²) in [4.78, 5) is 16.9. The van der Waals surface area contributed by atoms with Gasteiger partial charge in [0.1, 0.15) is 11.3 Å². The lowest BCUT2D eigenvalue weighted by molar-refractivity contribution is 0.0925. The number of carbonyl (C=O) groups excluding carboxylic acids is 1. The van der Waals surface area contributed by atoms with Gasteiger partial charge in [0.05, 0.1) is 29.9 Å². The number of fused-ring (bicyclic) bond motifs is 1. The van der Waals surface area contributed by atoms with E-state index in [2.05, 4.69) is 15.4 Å². The average Bonchev–Trinajstić information content (AvgIpc) is 3.39. The van der Waals surface area contributed by atoms with Gasteiger partial charge in [0, 0.05) is 43.3 Å². The van der Waals surface area contributed by atoms with Crippen molar-refractivity contribution in [3.05, 3.63) is 72.1 Å². The molecule has 168 valence electrons. The molecule has 2 N–H and O–H groups in total. The van der Waals surface area contributed by atoms with Gasteiger partial charge in [-0.2, -0.15) is 5.10 Å².